The minimum atomic E-state index is 0.111. The van der Waals surface area contributed by atoms with Crippen molar-refractivity contribution in [2.45, 2.75) is 33.1 Å². The van der Waals surface area contributed by atoms with Gasteiger partial charge in [0.2, 0.25) is 0 Å². The standard InChI is InChI=1S/C18H22N2/c1-14(19-20-15-10-6-5-7-11-15)16-12-8-9-13-17(16)18(2,3)4/h5-13,20H,1-4H3/b19-14-. The lowest BCUT2D eigenvalue weighted by Gasteiger charge is -2.22. The van der Waals surface area contributed by atoms with Gasteiger partial charge >= 0.3 is 0 Å². The molecular formula is C18H22N2. The maximum atomic E-state index is 4.51. The molecule has 20 heavy (non-hydrogen) atoms. The maximum absolute atomic E-state index is 4.51. The van der Waals surface area contributed by atoms with E-state index >= 15 is 0 Å². The summed E-state index contributed by atoms with van der Waals surface area (Å²) in [6.07, 6.45) is 0. The van der Waals surface area contributed by atoms with E-state index in [-0.39, 0.29) is 5.41 Å². The third kappa shape index (κ3) is 3.47. The topological polar surface area (TPSA) is 24.4 Å². The molecule has 0 fully saturated rings. The SMILES string of the molecule is C/C(=N/Nc1ccccc1)c1ccccc1C(C)(C)C. The summed E-state index contributed by atoms with van der Waals surface area (Å²) in [4.78, 5) is 0. The molecule has 0 saturated heterocycles. The summed E-state index contributed by atoms with van der Waals surface area (Å²) in [5.74, 6) is 0. The Balaban J connectivity index is 2.27. The molecule has 2 aromatic rings. The summed E-state index contributed by atoms with van der Waals surface area (Å²) in [7, 11) is 0. The van der Waals surface area contributed by atoms with Crippen LogP contribution in [0.4, 0.5) is 5.69 Å². The molecule has 0 radical (unpaired) electrons. The number of hydrogen-bond acceptors (Lipinski definition) is 2. The van der Waals surface area contributed by atoms with E-state index in [1.165, 1.54) is 11.1 Å². The van der Waals surface area contributed by atoms with E-state index in [1.54, 1.807) is 0 Å². The molecule has 0 aliphatic heterocycles. The largest absolute Gasteiger partial charge is 0.278 e. The quantitative estimate of drug-likeness (QED) is 0.625. The Bertz CT molecular complexity index is 592. The third-order valence-electron chi connectivity index (χ3n) is 3.25. The fourth-order valence-electron chi connectivity index (χ4n) is 2.17. The highest BCUT2D eigenvalue weighted by atomic mass is 15.3. The Labute approximate surface area is 121 Å². The number of nitrogens with zero attached hydrogens (tertiary/aromatic N) is 1. The minimum Gasteiger partial charge on any atom is -0.278 e. The third-order valence-corrected chi connectivity index (χ3v) is 3.25. The zero-order valence-electron chi connectivity index (χ0n) is 12.6. The van der Waals surface area contributed by atoms with Gasteiger partial charge in [-0.25, -0.2) is 0 Å². The van der Waals surface area contributed by atoms with Gasteiger partial charge in [0, 0.05) is 5.56 Å². The summed E-state index contributed by atoms with van der Waals surface area (Å²) in [6.45, 7) is 8.72. The lowest BCUT2D eigenvalue weighted by Crippen LogP contribution is -2.16. The van der Waals surface area contributed by atoms with Gasteiger partial charge in [0.15, 0.2) is 0 Å². The second kappa shape index (κ2) is 5.91. The molecule has 0 aliphatic carbocycles. The molecule has 0 aromatic heterocycles. The molecule has 0 saturated carbocycles. The average molecular weight is 266 g/mol. The lowest BCUT2D eigenvalue weighted by atomic mass is 9.83. The van der Waals surface area contributed by atoms with Gasteiger partial charge in [-0.2, -0.15) is 5.10 Å². The van der Waals surface area contributed by atoms with Crippen molar-refractivity contribution in [3.8, 4) is 0 Å². The lowest BCUT2D eigenvalue weighted by molar-refractivity contribution is 0.589. The molecule has 0 unspecified atom stereocenters. The number of nitrogens with one attached hydrogen (secondary N) is 1. The van der Waals surface area contributed by atoms with Crippen molar-refractivity contribution >= 4 is 11.4 Å². The van der Waals surface area contributed by atoms with E-state index in [2.05, 4.69) is 55.6 Å². The summed E-state index contributed by atoms with van der Waals surface area (Å²) < 4.78 is 0. The first kappa shape index (κ1) is 14.3. The van der Waals surface area contributed by atoms with Gasteiger partial charge in [0.05, 0.1) is 11.4 Å². The van der Waals surface area contributed by atoms with Gasteiger partial charge in [0.1, 0.15) is 0 Å². The highest BCUT2D eigenvalue weighted by Gasteiger charge is 2.18. The summed E-state index contributed by atoms with van der Waals surface area (Å²) in [6, 6.07) is 18.5. The fraction of sp³-hybridized carbons (Fsp3) is 0.278. The number of hydrogen-bond donors (Lipinski definition) is 1. The van der Waals surface area contributed by atoms with Crippen molar-refractivity contribution in [1.29, 1.82) is 0 Å². The summed E-state index contributed by atoms with van der Waals surface area (Å²) in [5.41, 5.74) is 7.73. The van der Waals surface area contributed by atoms with Crippen LogP contribution >= 0.6 is 0 Å². The van der Waals surface area contributed by atoms with Gasteiger partial charge in [-0.05, 0) is 30.0 Å². The number of rotatable bonds is 3. The van der Waals surface area contributed by atoms with Crippen LogP contribution < -0.4 is 5.43 Å². The molecule has 0 aliphatic rings. The van der Waals surface area contributed by atoms with Gasteiger partial charge < -0.3 is 0 Å². The van der Waals surface area contributed by atoms with Crippen LogP contribution in [-0.4, -0.2) is 5.71 Å². The van der Waals surface area contributed by atoms with Crippen LogP contribution in [0.2, 0.25) is 0 Å². The minimum absolute atomic E-state index is 0.111. The number of benzene rings is 2. The van der Waals surface area contributed by atoms with Crippen LogP contribution in [0.1, 0.15) is 38.8 Å². The molecule has 1 N–H and O–H groups in total. The molecule has 2 rings (SSSR count). The van der Waals surface area contributed by atoms with Crippen molar-refractivity contribution in [3.05, 3.63) is 65.7 Å². The van der Waals surface area contributed by atoms with Crippen LogP contribution in [0.15, 0.2) is 59.7 Å². The van der Waals surface area contributed by atoms with Crippen molar-refractivity contribution in [1.82, 2.24) is 0 Å². The molecule has 0 bridgehead atoms. The van der Waals surface area contributed by atoms with Crippen LogP contribution in [0, 0.1) is 0 Å². The molecule has 2 heteroatoms. The predicted octanol–water partition coefficient (Wildman–Crippen LogP) is 4.82. The molecule has 2 nitrogen and oxygen atoms in total. The van der Waals surface area contributed by atoms with E-state index < -0.39 is 0 Å². The van der Waals surface area contributed by atoms with Crippen molar-refractivity contribution < 1.29 is 0 Å². The Hall–Kier alpha value is -2.09. The van der Waals surface area contributed by atoms with Crippen molar-refractivity contribution in [3.63, 3.8) is 0 Å². The van der Waals surface area contributed by atoms with E-state index in [9.17, 15) is 0 Å². The smallest absolute Gasteiger partial charge is 0.0651 e. The molecule has 0 heterocycles. The number of anilines is 1. The van der Waals surface area contributed by atoms with Gasteiger partial charge in [-0.1, -0.05) is 63.2 Å². The molecule has 2 aromatic carbocycles. The first-order chi connectivity index (χ1) is 9.48. The highest BCUT2D eigenvalue weighted by Crippen LogP contribution is 2.26. The molecule has 104 valence electrons. The van der Waals surface area contributed by atoms with Crippen LogP contribution in [0.3, 0.4) is 0 Å². The number of hydrazone groups is 1. The molecule has 0 spiro atoms. The van der Waals surface area contributed by atoms with Crippen LogP contribution in [-0.2, 0) is 5.41 Å². The van der Waals surface area contributed by atoms with E-state index in [0.717, 1.165) is 11.4 Å². The van der Waals surface area contributed by atoms with Crippen molar-refractivity contribution in [2.24, 2.45) is 5.10 Å². The maximum Gasteiger partial charge on any atom is 0.0651 e. The zero-order chi connectivity index (χ0) is 14.6. The van der Waals surface area contributed by atoms with Gasteiger partial charge in [-0.15, -0.1) is 0 Å². The van der Waals surface area contributed by atoms with Gasteiger partial charge in [0.25, 0.3) is 0 Å². The predicted molar refractivity (Wildman–Crippen MR) is 87.4 cm³/mol. The normalized spacial score (nSPS) is 12.3. The highest BCUT2D eigenvalue weighted by molar-refractivity contribution is 6.00. The van der Waals surface area contributed by atoms with Crippen LogP contribution in [0.25, 0.3) is 0 Å². The van der Waals surface area contributed by atoms with E-state index in [4.69, 9.17) is 0 Å². The Morgan fingerprint density at radius 3 is 2.15 bits per heavy atom. The van der Waals surface area contributed by atoms with E-state index in [1.807, 2.05) is 37.3 Å². The Morgan fingerprint density at radius 2 is 1.50 bits per heavy atom. The summed E-state index contributed by atoms with van der Waals surface area (Å²) in [5, 5.41) is 4.51. The first-order valence-electron chi connectivity index (χ1n) is 6.94. The van der Waals surface area contributed by atoms with Crippen molar-refractivity contribution in [2.75, 3.05) is 5.43 Å². The van der Waals surface area contributed by atoms with Crippen LogP contribution in [0.5, 0.6) is 0 Å². The Morgan fingerprint density at radius 1 is 0.900 bits per heavy atom. The first-order valence-corrected chi connectivity index (χ1v) is 6.94. The monoisotopic (exact) mass is 266 g/mol. The molecular weight excluding hydrogens is 244 g/mol. The second-order valence-corrected chi connectivity index (χ2v) is 5.97. The summed E-state index contributed by atoms with van der Waals surface area (Å²) >= 11 is 0. The Kier molecular flexibility index (Phi) is 4.23. The second-order valence-electron chi connectivity index (χ2n) is 5.97. The zero-order valence-corrected chi connectivity index (χ0v) is 12.6. The fourth-order valence-corrected chi connectivity index (χ4v) is 2.17. The molecule has 0 amide bonds. The number of para-hydroxylation sites is 1. The van der Waals surface area contributed by atoms with Gasteiger partial charge in [-0.3, -0.25) is 5.43 Å². The average Bonchev–Trinajstić information content (AvgIpc) is 2.45. The molecule has 0 atom stereocenters. The van der Waals surface area contributed by atoms with E-state index in [0.29, 0.717) is 0 Å².